The standard InChI is InChI=1S/C19H37N3O3.HI/c1-20-19(22-11-5-13-25-18-6-2-3-7-18)21-10-4-12-24-16-17-8-14-23-15-9-17;/h17-18H,2-16H2,1H3,(H2,20,21,22);1H. The maximum atomic E-state index is 5.87. The van der Waals surface area contributed by atoms with Crippen LogP contribution in [0.4, 0.5) is 0 Å². The fourth-order valence-electron chi connectivity index (χ4n) is 3.35. The minimum atomic E-state index is 0. The molecule has 0 radical (unpaired) electrons. The average molecular weight is 483 g/mol. The second kappa shape index (κ2) is 15.9. The third-order valence-corrected chi connectivity index (χ3v) is 4.95. The number of rotatable bonds is 11. The summed E-state index contributed by atoms with van der Waals surface area (Å²) in [6.07, 6.45) is 9.95. The van der Waals surface area contributed by atoms with Crippen LogP contribution in [0.15, 0.2) is 4.99 Å². The minimum Gasteiger partial charge on any atom is -0.381 e. The molecule has 0 aromatic heterocycles. The van der Waals surface area contributed by atoms with Gasteiger partial charge in [0.05, 0.1) is 6.10 Å². The Morgan fingerprint density at radius 2 is 1.65 bits per heavy atom. The molecule has 154 valence electrons. The Kier molecular flexibility index (Phi) is 14.6. The van der Waals surface area contributed by atoms with Crippen LogP contribution < -0.4 is 10.6 Å². The van der Waals surface area contributed by atoms with Crippen molar-refractivity contribution in [3.8, 4) is 0 Å². The van der Waals surface area contributed by atoms with Gasteiger partial charge in [-0.3, -0.25) is 4.99 Å². The molecule has 2 N–H and O–H groups in total. The average Bonchev–Trinajstić information content (AvgIpc) is 3.17. The van der Waals surface area contributed by atoms with Crippen molar-refractivity contribution in [1.82, 2.24) is 10.6 Å². The third-order valence-electron chi connectivity index (χ3n) is 4.95. The molecule has 1 aliphatic heterocycles. The lowest BCUT2D eigenvalue weighted by Gasteiger charge is -2.21. The van der Waals surface area contributed by atoms with Crippen molar-refractivity contribution in [1.29, 1.82) is 0 Å². The van der Waals surface area contributed by atoms with Gasteiger partial charge >= 0.3 is 0 Å². The van der Waals surface area contributed by atoms with E-state index in [0.29, 0.717) is 12.0 Å². The Hall–Kier alpha value is -0.120. The number of hydrogen-bond donors (Lipinski definition) is 2. The molecule has 2 fully saturated rings. The molecular formula is C19H38IN3O3. The summed E-state index contributed by atoms with van der Waals surface area (Å²) in [5.41, 5.74) is 0. The third kappa shape index (κ3) is 10.9. The van der Waals surface area contributed by atoms with Crippen LogP contribution in [0, 0.1) is 5.92 Å². The molecule has 7 heteroatoms. The molecule has 1 saturated heterocycles. The van der Waals surface area contributed by atoms with E-state index in [1.165, 1.54) is 25.7 Å². The van der Waals surface area contributed by atoms with Crippen LogP contribution in [-0.4, -0.2) is 65.2 Å². The molecule has 0 aromatic carbocycles. The number of guanidine groups is 1. The van der Waals surface area contributed by atoms with Crippen molar-refractivity contribution in [3.63, 3.8) is 0 Å². The monoisotopic (exact) mass is 483 g/mol. The Morgan fingerprint density at radius 1 is 1.00 bits per heavy atom. The van der Waals surface area contributed by atoms with Crippen LogP contribution in [-0.2, 0) is 14.2 Å². The van der Waals surface area contributed by atoms with Gasteiger partial charge in [-0.05, 0) is 44.4 Å². The lowest BCUT2D eigenvalue weighted by molar-refractivity contribution is 0.0203. The summed E-state index contributed by atoms with van der Waals surface area (Å²) >= 11 is 0. The quantitative estimate of drug-likeness (QED) is 0.205. The first kappa shape index (κ1) is 23.9. The van der Waals surface area contributed by atoms with Crippen molar-refractivity contribution in [2.75, 3.05) is 53.2 Å². The highest BCUT2D eigenvalue weighted by Crippen LogP contribution is 2.20. The van der Waals surface area contributed by atoms with E-state index in [1.807, 2.05) is 7.05 Å². The van der Waals surface area contributed by atoms with Crippen LogP contribution >= 0.6 is 24.0 Å². The van der Waals surface area contributed by atoms with Crippen molar-refractivity contribution < 1.29 is 14.2 Å². The summed E-state index contributed by atoms with van der Waals surface area (Å²) in [7, 11) is 1.81. The van der Waals surface area contributed by atoms with Gasteiger partial charge < -0.3 is 24.8 Å². The summed E-state index contributed by atoms with van der Waals surface area (Å²) in [6, 6.07) is 0. The molecule has 2 rings (SSSR count). The first-order valence-corrected chi connectivity index (χ1v) is 10.1. The summed E-state index contributed by atoms with van der Waals surface area (Å²) in [6.45, 7) is 6.08. The van der Waals surface area contributed by atoms with Gasteiger partial charge in [-0.2, -0.15) is 0 Å². The first-order valence-electron chi connectivity index (χ1n) is 10.1. The summed E-state index contributed by atoms with van der Waals surface area (Å²) in [4.78, 5) is 4.25. The number of ether oxygens (including phenoxy) is 3. The molecule has 1 saturated carbocycles. The van der Waals surface area contributed by atoms with Gasteiger partial charge in [0.2, 0.25) is 0 Å². The van der Waals surface area contributed by atoms with Crippen LogP contribution in [0.1, 0.15) is 51.4 Å². The highest BCUT2D eigenvalue weighted by atomic mass is 127. The zero-order chi connectivity index (χ0) is 17.6. The maximum absolute atomic E-state index is 5.87. The van der Waals surface area contributed by atoms with E-state index >= 15 is 0 Å². The Bertz CT molecular complexity index is 360. The SMILES string of the molecule is CN=C(NCCCOCC1CCOCC1)NCCCOC1CCCC1.I. The number of hydrogen-bond acceptors (Lipinski definition) is 4. The molecule has 0 atom stereocenters. The molecule has 26 heavy (non-hydrogen) atoms. The van der Waals surface area contributed by atoms with Crippen molar-refractivity contribution >= 4 is 29.9 Å². The maximum Gasteiger partial charge on any atom is 0.190 e. The first-order chi connectivity index (χ1) is 12.4. The summed E-state index contributed by atoms with van der Waals surface area (Å²) in [5.74, 6) is 1.55. The van der Waals surface area contributed by atoms with E-state index < -0.39 is 0 Å². The van der Waals surface area contributed by atoms with Crippen molar-refractivity contribution in [2.45, 2.75) is 57.5 Å². The van der Waals surface area contributed by atoms with E-state index in [2.05, 4.69) is 15.6 Å². The van der Waals surface area contributed by atoms with Crippen LogP contribution in [0.3, 0.4) is 0 Å². The van der Waals surface area contributed by atoms with Gasteiger partial charge in [-0.25, -0.2) is 0 Å². The Labute approximate surface area is 176 Å². The molecule has 6 nitrogen and oxygen atoms in total. The molecule has 0 unspecified atom stereocenters. The molecular weight excluding hydrogens is 445 g/mol. The van der Waals surface area contributed by atoms with Gasteiger partial charge in [0.15, 0.2) is 5.96 Å². The topological polar surface area (TPSA) is 64.1 Å². The van der Waals surface area contributed by atoms with Gasteiger partial charge in [0.25, 0.3) is 0 Å². The molecule has 0 aromatic rings. The molecule has 0 bridgehead atoms. The Morgan fingerprint density at radius 3 is 2.31 bits per heavy atom. The molecule has 1 aliphatic carbocycles. The number of nitrogens with zero attached hydrogens (tertiary/aromatic N) is 1. The lowest BCUT2D eigenvalue weighted by Crippen LogP contribution is -2.38. The predicted octanol–water partition coefficient (Wildman–Crippen LogP) is 2.95. The van der Waals surface area contributed by atoms with E-state index in [4.69, 9.17) is 14.2 Å². The van der Waals surface area contributed by atoms with Gasteiger partial charge in [-0.1, -0.05) is 12.8 Å². The predicted molar refractivity (Wildman–Crippen MR) is 117 cm³/mol. The number of nitrogens with one attached hydrogen (secondary N) is 2. The lowest BCUT2D eigenvalue weighted by atomic mass is 10.0. The minimum absolute atomic E-state index is 0. The highest BCUT2D eigenvalue weighted by Gasteiger charge is 2.15. The largest absolute Gasteiger partial charge is 0.381 e. The van der Waals surface area contributed by atoms with Crippen molar-refractivity contribution in [3.05, 3.63) is 0 Å². The van der Waals surface area contributed by atoms with E-state index in [1.54, 1.807) is 0 Å². The smallest absolute Gasteiger partial charge is 0.190 e. The Balaban J connectivity index is 0.00000338. The van der Waals surface area contributed by atoms with Gasteiger partial charge in [-0.15, -0.1) is 24.0 Å². The van der Waals surface area contributed by atoms with E-state index in [-0.39, 0.29) is 24.0 Å². The summed E-state index contributed by atoms with van der Waals surface area (Å²) < 4.78 is 17.0. The number of halogens is 1. The fourth-order valence-corrected chi connectivity index (χ4v) is 3.35. The second-order valence-electron chi connectivity index (χ2n) is 7.04. The summed E-state index contributed by atoms with van der Waals surface area (Å²) in [5, 5.41) is 6.68. The number of aliphatic imine (C=N–C) groups is 1. The van der Waals surface area contributed by atoms with Crippen LogP contribution in [0.25, 0.3) is 0 Å². The zero-order valence-corrected chi connectivity index (χ0v) is 18.7. The molecule has 1 heterocycles. The van der Waals surface area contributed by atoms with Crippen molar-refractivity contribution in [2.24, 2.45) is 10.9 Å². The van der Waals surface area contributed by atoms with Crippen LogP contribution in [0.2, 0.25) is 0 Å². The highest BCUT2D eigenvalue weighted by molar-refractivity contribution is 14.0. The van der Waals surface area contributed by atoms with Crippen LogP contribution in [0.5, 0.6) is 0 Å². The molecule has 0 spiro atoms. The van der Waals surface area contributed by atoms with E-state index in [0.717, 1.165) is 77.8 Å². The fraction of sp³-hybridized carbons (Fsp3) is 0.947. The molecule has 2 aliphatic rings. The van der Waals surface area contributed by atoms with Gasteiger partial charge in [0, 0.05) is 53.2 Å². The van der Waals surface area contributed by atoms with E-state index in [9.17, 15) is 0 Å². The van der Waals surface area contributed by atoms with Gasteiger partial charge in [0.1, 0.15) is 0 Å². The normalized spacial score (nSPS) is 19.3. The molecule has 0 amide bonds. The second-order valence-corrected chi connectivity index (χ2v) is 7.04. The zero-order valence-electron chi connectivity index (χ0n) is 16.3.